The molecule has 0 unspecified atom stereocenters. The monoisotopic (exact) mass is 273 g/mol. The van der Waals surface area contributed by atoms with Gasteiger partial charge in [-0.15, -0.1) is 0 Å². The number of carbonyl (C=O) groups excluding carboxylic acids is 1. The van der Waals surface area contributed by atoms with E-state index in [-0.39, 0.29) is 24.3 Å². The summed E-state index contributed by atoms with van der Waals surface area (Å²) in [5.41, 5.74) is -1.68. The summed E-state index contributed by atoms with van der Waals surface area (Å²) in [4.78, 5) is 11.6. The maximum atomic E-state index is 11.6. The van der Waals surface area contributed by atoms with Gasteiger partial charge in [0.25, 0.3) is 0 Å². The van der Waals surface area contributed by atoms with Crippen molar-refractivity contribution >= 4 is 15.8 Å². The Morgan fingerprint density at radius 3 is 2.33 bits per heavy atom. The summed E-state index contributed by atoms with van der Waals surface area (Å²) in [6.07, 6.45) is -0.196. The predicted molar refractivity (Wildman–Crippen MR) is 67.5 cm³/mol. The molecule has 0 aromatic heterocycles. The quantitative estimate of drug-likeness (QED) is 0.757. The van der Waals surface area contributed by atoms with E-state index in [1.54, 1.807) is 20.8 Å². The third-order valence-electron chi connectivity index (χ3n) is 2.67. The van der Waals surface area contributed by atoms with E-state index in [0.29, 0.717) is 0 Å². The second kappa shape index (κ2) is 4.76. The number of nitrogens with zero attached hydrogens (tertiary/aromatic N) is 1. The lowest BCUT2D eigenvalue weighted by molar-refractivity contribution is 0.0475. The Labute approximate surface area is 108 Å². The normalized spacial score (nSPS) is 32.3. The molecule has 0 radical (unpaired) electrons. The van der Waals surface area contributed by atoms with Gasteiger partial charge in [-0.1, -0.05) is 0 Å². The van der Waals surface area contributed by atoms with E-state index in [4.69, 9.17) is 9.52 Å². The van der Waals surface area contributed by atoms with Gasteiger partial charge < -0.3 is 10.1 Å². The summed E-state index contributed by atoms with van der Waals surface area (Å²) in [5.74, 6) is 0.271. The molecule has 18 heavy (non-hydrogen) atoms. The number of amides is 1. The van der Waals surface area contributed by atoms with E-state index < -0.39 is 27.0 Å². The average molecular weight is 273 g/mol. The van der Waals surface area contributed by atoms with Crippen molar-refractivity contribution in [1.82, 2.24) is 5.32 Å². The molecule has 0 saturated carbocycles. The summed E-state index contributed by atoms with van der Waals surface area (Å²) in [7, 11) is -2.58. The van der Waals surface area contributed by atoms with Crippen LogP contribution in [0.1, 0.15) is 33.6 Å². The molecule has 1 aliphatic heterocycles. The molecule has 0 aliphatic carbocycles. The summed E-state index contributed by atoms with van der Waals surface area (Å²) in [5, 5.41) is 11.7. The molecule has 1 saturated heterocycles. The van der Waals surface area contributed by atoms with Crippen LogP contribution in [0.5, 0.6) is 0 Å². The lowest BCUT2D eigenvalue weighted by Crippen LogP contribution is -2.53. The highest BCUT2D eigenvalue weighted by atomic mass is 32.2. The molecular formula is C11H19N3O3S. The molecule has 0 aromatic carbocycles. The number of nitriles is 1. The zero-order valence-electron chi connectivity index (χ0n) is 10.9. The van der Waals surface area contributed by atoms with Gasteiger partial charge in [0, 0.05) is 21.2 Å². The Morgan fingerprint density at radius 1 is 1.44 bits per heavy atom. The third kappa shape index (κ3) is 4.18. The summed E-state index contributed by atoms with van der Waals surface area (Å²) >= 11 is 0. The van der Waals surface area contributed by atoms with Gasteiger partial charge in [-0.3, -0.25) is 4.78 Å². The van der Waals surface area contributed by atoms with Gasteiger partial charge in [0.2, 0.25) is 0 Å². The van der Waals surface area contributed by atoms with Crippen molar-refractivity contribution in [1.29, 1.82) is 10.0 Å². The number of ether oxygens (including phenoxy) is 1. The highest BCUT2D eigenvalue weighted by molar-refractivity contribution is 7.92. The molecule has 7 heteroatoms. The number of hydrogen-bond donors (Lipinski definition) is 2. The number of nitrogens with one attached hydrogen (secondary N) is 2. The van der Waals surface area contributed by atoms with Gasteiger partial charge in [0.05, 0.1) is 6.07 Å². The number of carbonyl (C=O) groups is 1. The van der Waals surface area contributed by atoms with Gasteiger partial charge in [-0.05, 0) is 33.6 Å². The number of rotatable bonds is 1. The van der Waals surface area contributed by atoms with Crippen molar-refractivity contribution in [2.24, 2.45) is 0 Å². The van der Waals surface area contributed by atoms with E-state index in [2.05, 4.69) is 11.4 Å². The smallest absolute Gasteiger partial charge is 0.408 e. The van der Waals surface area contributed by atoms with Gasteiger partial charge in [-0.25, -0.2) is 9.00 Å². The average Bonchev–Trinajstić information content (AvgIpc) is 2.19. The maximum absolute atomic E-state index is 11.6. The van der Waals surface area contributed by atoms with Crippen LogP contribution < -0.4 is 5.32 Å². The minimum atomic E-state index is -2.58. The maximum Gasteiger partial charge on any atom is 0.408 e. The van der Waals surface area contributed by atoms with Gasteiger partial charge in [0.15, 0.2) is 0 Å². The second-order valence-electron chi connectivity index (χ2n) is 5.54. The summed E-state index contributed by atoms with van der Waals surface area (Å²) in [6.45, 7) is 5.22. The second-order valence-corrected chi connectivity index (χ2v) is 7.98. The topological polar surface area (TPSA) is 103 Å². The standard InChI is InChI=1S/C11H19N3O3S/c1-10(2,3)17-9(15)14-11(8-12)4-6-18(13,16)7-5-11/h13H,4-7H2,1-3H3,(H,14,15). The molecule has 1 amide bonds. The minimum Gasteiger partial charge on any atom is -0.444 e. The SMILES string of the molecule is CC(C)(C)OC(=O)NC1(C#N)CCS(=N)(=O)CC1. The molecule has 0 atom stereocenters. The first kappa shape index (κ1) is 14.8. The van der Waals surface area contributed by atoms with Crippen LogP contribution >= 0.6 is 0 Å². The fourth-order valence-corrected chi connectivity index (χ4v) is 3.23. The Bertz CT molecular complexity index is 457. The molecule has 1 aliphatic rings. The molecule has 6 nitrogen and oxygen atoms in total. The number of hydrogen-bond acceptors (Lipinski definition) is 5. The van der Waals surface area contributed by atoms with Crippen molar-refractivity contribution < 1.29 is 13.7 Å². The Morgan fingerprint density at radius 2 is 1.94 bits per heavy atom. The van der Waals surface area contributed by atoms with Gasteiger partial charge in [0.1, 0.15) is 11.1 Å². The largest absolute Gasteiger partial charge is 0.444 e. The van der Waals surface area contributed by atoms with Gasteiger partial charge in [-0.2, -0.15) is 5.26 Å². The van der Waals surface area contributed by atoms with Crippen LogP contribution in [0.3, 0.4) is 0 Å². The van der Waals surface area contributed by atoms with E-state index in [0.717, 1.165) is 0 Å². The zero-order chi connectivity index (χ0) is 14.0. The van der Waals surface area contributed by atoms with E-state index in [9.17, 15) is 14.3 Å². The minimum absolute atomic E-state index is 0.135. The molecule has 0 aromatic rings. The molecule has 0 spiro atoms. The lowest BCUT2D eigenvalue weighted by atomic mass is 9.94. The fourth-order valence-electron chi connectivity index (χ4n) is 1.67. The van der Waals surface area contributed by atoms with Crippen molar-refractivity contribution in [3.05, 3.63) is 0 Å². The molecule has 2 N–H and O–H groups in total. The molecule has 1 heterocycles. The molecule has 1 fully saturated rings. The van der Waals surface area contributed by atoms with Crippen LogP contribution in [0, 0.1) is 16.1 Å². The van der Waals surface area contributed by atoms with E-state index in [1.807, 2.05) is 0 Å². The molecule has 102 valence electrons. The predicted octanol–water partition coefficient (Wildman–Crippen LogP) is 1.61. The summed E-state index contributed by atoms with van der Waals surface area (Å²) < 4.78 is 24.1. The molecule has 0 bridgehead atoms. The first-order chi connectivity index (χ1) is 8.08. The third-order valence-corrected chi connectivity index (χ3v) is 4.40. The Kier molecular flexibility index (Phi) is 3.91. The highest BCUT2D eigenvalue weighted by Crippen LogP contribution is 2.24. The summed E-state index contributed by atoms with van der Waals surface area (Å²) in [6, 6.07) is 2.05. The first-order valence-electron chi connectivity index (χ1n) is 5.74. The van der Waals surface area contributed by atoms with Crippen LogP contribution in [0.4, 0.5) is 4.79 Å². The highest BCUT2D eigenvalue weighted by Gasteiger charge is 2.38. The molecular weight excluding hydrogens is 254 g/mol. The van der Waals surface area contributed by atoms with E-state index in [1.165, 1.54) is 0 Å². The van der Waals surface area contributed by atoms with Crippen LogP contribution in [0.2, 0.25) is 0 Å². The van der Waals surface area contributed by atoms with E-state index >= 15 is 0 Å². The van der Waals surface area contributed by atoms with Crippen molar-refractivity contribution in [2.45, 2.75) is 44.8 Å². The van der Waals surface area contributed by atoms with Crippen LogP contribution in [-0.2, 0) is 14.5 Å². The fraction of sp³-hybridized carbons (Fsp3) is 0.818. The van der Waals surface area contributed by atoms with Crippen molar-refractivity contribution in [2.75, 3.05) is 11.5 Å². The lowest BCUT2D eigenvalue weighted by Gasteiger charge is -2.33. The van der Waals surface area contributed by atoms with Gasteiger partial charge >= 0.3 is 6.09 Å². The van der Waals surface area contributed by atoms with Crippen LogP contribution in [0.25, 0.3) is 0 Å². The zero-order valence-corrected chi connectivity index (χ0v) is 11.7. The van der Waals surface area contributed by atoms with Crippen LogP contribution in [-0.4, -0.2) is 32.9 Å². The van der Waals surface area contributed by atoms with Crippen molar-refractivity contribution in [3.63, 3.8) is 0 Å². The number of alkyl carbamates (subject to hydrolysis) is 1. The van der Waals surface area contributed by atoms with Crippen LogP contribution in [0.15, 0.2) is 0 Å². The Balaban J connectivity index is 2.69. The molecule has 1 rings (SSSR count). The Hall–Kier alpha value is -1.29. The van der Waals surface area contributed by atoms with Crippen molar-refractivity contribution in [3.8, 4) is 6.07 Å². The first-order valence-corrected chi connectivity index (χ1v) is 7.64.